The zero-order valence-electron chi connectivity index (χ0n) is 7.07. The monoisotopic (exact) mass is 231 g/mol. The van der Waals surface area contributed by atoms with E-state index < -0.39 is 21.7 Å². The fraction of sp³-hybridized carbons (Fsp3) is 0. The van der Waals surface area contributed by atoms with E-state index in [0.29, 0.717) is 12.1 Å². The number of nitro benzene ring substituents is 1. The average Bonchev–Trinajstić information content (AvgIpc) is 2.16. The highest BCUT2D eigenvalue weighted by atomic mass is 35.5. The Morgan fingerprint density at radius 1 is 1.53 bits per heavy atom. The van der Waals surface area contributed by atoms with Crippen LogP contribution in [0.4, 0.5) is 10.1 Å². The predicted octanol–water partition coefficient (Wildman–Crippen LogP) is 1.93. The van der Waals surface area contributed by atoms with Crippen molar-refractivity contribution in [1.82, 2.24) is 0 Å². The highest BCUT2D eigenvalue weighted by Gasteiger charge is 2.20. The van der Waals surface area contributed by atoms with Gasteiger partial charge in [0.15, 0.2) is 6.29 Å². The molecule has 0 saturated carbocycles. The molecule has 0 aliphatic carbocycles. The summed E-state index contributed by atoms with van der Waals surface area (Å²) >= 11 is 5.07. The molecule has 78 valence electrons. The third kappa shape index (κ3) is 2.16. The maximum Gasteiger partial charge on any atom is 0.305 e. The summed E-state index contributed by atoms with van der Waals surface area (Å²) in [6.07, 6.45) is 0.197. The standard InChI is InChI=1S/C8H3ClFNO4/c9-8(13)5-2-7(11(14)15)6(10)1-4(5)3-12/h1-3H. The lowest BCUT2D eigenvalue weighted by atomic mass is 10.1. The molecule has 0 heterocycles. The summed E-state index contributed by atoms with van der Waals surface area (Å²) in [5.41, 5.74) is -1.61. The van der Waals surface area contributed by atoms with E-state index in [9.17, 15) is 24.1 Å². The topological polar surface area (TPSA) is 77.3 Å². The average molecular weight is 232 g/mol. The molecule has 7 heteroatoms. The molecule has 0 aliphatic rings. The molecule has 15 heavy (non-hydrogen) atoms. The Morgan fingerprint density at radius 3 is 2.53 bits per heavy atom. The van der Waals surface area contributed by atoms with Crippen LogP contribution in [0.25, 0.3) is 0 Å². The van der Waals surface area contributed by atoms with Crippen LogP contribution in [0, 0.1) is 15.9 Å². The first kappa shape index (κ1) is 11.3. The van der Waals surface area contributed by atoms with Gasteiger partial charge in [0.1, 0.15) is 0 Å². The van der Waals surface area contributed by atoms with Crippen molar-refractivity contribution < 1.29 is 18.9 Å². The molecule has 0 fully saturated rings. The molecule has 0 aliphatic heterocycles. The Balaban J connectivity index is 3.50. The molecule has 5 nitrogen and oxygen atoms in total. The number of rotatable bonds is 3. The molecule has 1 aromatic rings. The smallest absolute Gasteiger partial charge is 0.298 e. The van der Waals surface area contributed by atoms with Gasteiger partial charge >= 0.3 is 5.69 Å². The number of hydrogen-bond acceptors (Lipinski definition) is 4. The van der Waals surface area contributed by atoms with Gasteiger partial charge in [0.05, 0.1) is 10.5 Å². The highest BCUT2D eigenvalue weighted by molar-refractivity contribution is 6.68. The van der Waals surface area contributed by atoms with Crippen molar-refractivity contribution in [3.05, 3.63) is 39.2 Å². The van der Waals surface area contributed by atoms with Crippen molar-refractivity contribution >= 4 is 28.8 Å². The minimum absolute atomic E-state index is 0.197. The lowest BCUT2D eigenvalue weighted by Crippen LogP contribution is -2.01. The van der Waals surface area contributed by atoms with Crippen LogP contribution in [0.15, 0.2) is 12.1 Å². The van der Waals surface area contributed by atoms with E-state index in [1.807, 2.05) is 0 Å². The Morgan fingerprint density at radius 2 is 2.13 bits per heavy atom. The Labute approximate surface area is 87.6 Å². The number of hydrogen-bond donors (Lipinski definition) is 0. The van der Waals surface area contributed by atoms with Crippen LogP contribution in [-0.4, -0.2) is 16.5 Å². The minimum Gasteiger partial charge on any atom is -0.298 e. The van der Waals surface area contributed by atoms with Crippen molar-refractivity contribution in [2.75, 3.05) is 0 Å². The number of nitro groups is 1. The Kier molecular flexibility index (Phi) is 3.11. The fourth-order valence-electron chi connectivity index (χ4n) is 0.985. The van der Waals surface area contributed by atoms with Gasteiger partial charge in [-0.2, -0.15) is 4.39 Å². The molecule has 0 unspecified atom stereocenters. The summed E-state index contributed by atoms with van der Waals surface area (Å²) in [7, 11) is 0. The van der Waals surface area contributed by atoms with E-state index >= 15 is 0 Å². The van der Waals surface area contributed by atoms with Crippen molar-refractivity contribution in [1.29, 1.82) is 0 Å². The SMILES string of the molecule is O=Cc1cc(F)c([N+](=O)[O-])cc1C(=O)Cl. The van der Waals surface area contributed by atoms with Crippen LogP contribution >= 0.6 is 11.6 Å². The van der Waals surface area contributed by atoms with Crippen molar-refractivity contribution in [3.8, 4) is 0 Å². The number of halogens is 2. The number of aldehydes is 1. The van der Waals surface area contributed by atoms with Crippen LogP contribution in [0.1, 0.15) is 20.7 Å². The number of carbonyl (C=O) groups excluding carboxylic acids is 2. The van der Waals surface area contributed by atoms with Crippen LogP contribution in [0.5, 0.6) is 0 Å². The molecular formula is C8H3ClFNO4. The van der Waals surface area contributed by atoms with Crippen LogP contribution < -0.4 is 0 Å². The maximum absolute atomic E-state index is 13.0. The number of benzene rings is 1. The van der Waals surface area contributed by atoms with E-state index in [4.69, 9.17) is 11.6 Å². The third-order valence-corrected chi connectivity index (χ3v) is 1.86. The highest BCUT2D eigenvalue weighted by Crippen LogP contribution is 2.22. The molecule has 0 bridgehead atoms. The molecule has 0 radical (unpaired) electrons. The van der Waals surface area contributed by atoms with Gasteiger partial charge in [-0.3, -0.25) is 19.7 Å². The summed E-state index contributed by atoms with van der Waals surface area (Å²) in [6, 6.07) is 1.23. The molecule has 0 aromatic heterocycles. The van der Waals surface area contributed by atoms with Crippen molar-refractivity contribution in [2.24, 2.45) is 0 Å². The molecule has 1 aromatic carbocycles. The normalized spacial score (nSPS) is 9.73. The van der Waals surface area contributed by atoms with Crippen molar-refractivity contribution in [2.45, 2.75) is 0 Å². The van der Waals surface area contributed by atoms with E-state index in [1.165, 1.54) is 0 Å². The summed E-state index contributed by atoms with van der Waals surface area (Å²) in [6.45, 7) is 0. The first-order chi connectivity index (χ1) is 6.97. The second-order valence-electron chi connectivity index (χ2n) is 2.54. The van der Waals surface area contributed by atoms with Gasteiger partial charge < -0.3 is 0 Å². The van der Waals surface area contributed by atoms with E-state index in [1.54, 1.807) is 0 Å². The minimum atomic E-state index is -1.19. The van der Waals surface area contributed by atoms with Gasteiger partial charge in [0.25, 0.3) is 5.24 Å². The van der Waals surface area contributed by atoms with Crippen molar-refractivity contribution in [3.63, 3.8) is 0 Å². The fourth-order valence-corrected chi connectivity index (χ4v) is 1.15. The third-order valence-electron chi connectivity index (χ3n) is 1.65. The first-order valence-corrected chi connectivity index (χ1v) is 3.98. The molecule has 0 N–H and O–H groups in total. The molecule has 0 spiro atoms. The van der Waals surface area contributed by atoms with Gasteiger partial charge in [-0.1, -0.05) is 0 Å². The second-order valence-corrected chi connectivity index (χ2v) is 2.88. The van der Waals surface area contributed by atoms with Gasteiger partial charge in [0, 0.05) is 11.6 Å². The molecule has 1 rings (SSSR count). The zero-order valence-corrected chi connectivity index (χ0v) is 7.82. The summed E-state index contributed by atoms with van der Waals surface area (Å²) in [4.78, 5) is 30.5. The largest absolute Gasteiger partial charge is 0.305 e. The van der Waals surface area contributed by atoms with Gasteiger partial charge in [0.2, 0.25) is 5.82 Å². The van der Waals surface area contributed by atoms with Gasteiger partial charge in [-0.05, 0) is 17.7 Å². The number of carbonyl (C=O) groups is 2. The predicted molar refractivity (Wildman–Crippen MR) is 48.6 cm³/mol. The Hall–Kier alpha value is -1.82. The van der Waals surface area contributed by atoms with Crippen LogP contribution in [0.2, 0.25) is 0 Å². The summed E-state index contributed by atoms with van der Waals surface area (Å²) in [5, 5.41) is 9.26. The maximum atomic E-state index is 13.0. The summed E-state index contributed by atoms with van der Waals surface area (Å²) in [5.74, 6) is -1.19. The van der Waals surface area contributed by atoms with Gasteiger partial charge in [-0.25, -0.2) is 0 Å². The second kappa shape index (κ2) is 4.14. The van der Waals surface area contributed by atoms with E-state index in [2.05, 4.69) is 0 Å². The zero-order chi connectivity index (χ0) is 11.6. The van der Waals surface area contributed by atoms with Crippen LogP contribution in [0.3, 0.4) is 0 Å². The molecule has 0 atom stereocenters. The summed E-state index contributed by atoms with van der Waals surface area (Å²) < 4.78 is 13.0. The van der Waals surface area contributed by atoms with Crippen LogP contribution in [-0.2, 0) is 0 Å². The van der Waals surface area contributed by atoms with Gasteiger partial charge in [-0.15, -0.1) is 0 Å². The lowest BCUT2D eigenvalue weighted by molar-refractivity contribution is -0.387. The number of nitrogens with zero attached hydrogens (tertiary/aromatic N) is 1. The first-order valence-electron chi connectivity index (χ1n) is 3.60. The molecule has 0 amide bonds. The molecule has 0 saturated heterocycles. The van der Waals surface area contributed by atoms with E-state index in [0.717, 1.165) is 0 Å². The van der Waals surface area contributed by atoms with E-state index in [-0.39, 0.29) is 17.4 Å². The quantitative estimate of drug-likeness (QED) is 0.345. The Bertz CT molecular complexity index is 460. The lowest BCUT2D eigenvalue weighted by Gasteiger charge is -2.00. The molecular weight excluding hydrogens is 229 g/mol.